The van der Waals surface area contributed by atoms with Gasteiger partial charge in [0.25, 0.3) is 0 Å². The van der Waals surface area contributed by atoms with Crippen LogP contribution in [0.5, 0.6) is 0 Å². The molecule has 0 amide bonds. The fourth-order valence-electron chi connectivity index (χ4n) is 0.691. The Morgan fingerprint density at radius 3 is 2.91 bits per heavy atom. The number of carbonyl (C=O) groups is 1. The molecule has 2 nitrogen and oxygen atoms in total. The molecule has 0 unspecified atom stereocenters. The minimum atomic E-state index is 0.686. The third-order valence-electron chi connectivity index (χ3n) is 1.18. The number of carbonyl (C=O) groups excluding carboxylic acids is 1. The van der Waals surface area contributed by atoms with Gasteiger partial charge in [-0.2, -0.15) is 0 Å². The minimum absolute atomic E-state index is 0.686. The fraction of sp³-hybridized carbons (Fsp3) is 0. The predicted octanol–water partition coefficient (Wildman–Crippen LogP) is 1.89. The third kappa shape index (κ3) is 2.13. The lowest BCUT2D eigenvalue weighted by Gasteiger charge is -1.95. The van der Waals surface area contributed by atoms with Gasteiger partial charge in [0.05, 0.1) is 0 Å². The van der Waals surface area contributed by atoms with Crippen LogP contribution in [-0.4, -0.2) is 10.9 Å². The van der Waals surface area contributed by atoms with Gasteiger partial charge in [-0.3, -0.25) is 4.79 Å². The highest BCUT2D eigenvalue weighted by Gasteiger charge is 1.80. The molecule has 0 aliphatic carbocycles. The first-order chi connectivity index (χ1) is 5.34. The number of aldehydes is 1. The van der Waals surface area contributed by atoms with Crippen LogP contribution < -0.4 is 0 Å². The summed E-state index contributed by atoms with van der Waals surface area (Å²) in [5, 5.41) is 0. The van der Waals surface area contributed by atoms with Crippen LogP contribution in [0.15, 0.2) is 30.5 Å². The molecule has 0 atom stereocenters. The number of aromatic nitrogens is 1. The van der Waals surface area contributed by atoms with E-state index in [1.54, 1.807) is 23.0 Å². The molecule has 0 saturated carbocycles. The first-order valence-electron chi connectivity index (χ1n) is 3.14. The van der Waals surface area contributed by atoms with Crippen molar-refractivity contribution >= 4 is 24.7 Å². The molecule has 56 valence electrons. The maximum absolute atomic E-state index is 9.96. The lowest BCUT2D eigenvalue weighted by molar-refractivity contribution is -0.104. The summed E-state index contributed by atoms with van der Waals surface area (Å²) in [5.74, 6) is 0. The van der Waals surface area contributed by atoms with Crippen molar-refractivity contribution in [2.75, 3.05) is 0 Å². The molecule has 0 aromatic carbocycles. The van der Waals surface area contributed by atoms with Crippen LogP contribution in [0.25, 0.3) is 6.20 Å². The van der Waals surface area contributed by atoms with Crippen LogP contribution in [0.2, 0.25) is 0 Å². The van der Waals surface area contributed by atoms with E-state index in [0.29, 0.717) is 4.64 Å². The van der Waals surface area contributed by atoms with Crippen LogP contribution in [0.4, 0.5) is 0 Å². The Bertz CT molecular complexity index is 327. The normalized spacial score (nSPS) is 10.2. The molecule has 0 saturated heterocycles. The lowest BCUT2D eigenvalue weighted by Crippen LogP contribution is -1.86. The molecule has 0 N–H and O–H groups in total. The highest BCUT2D eigenvalue weighted by atomic mass is 32.1. The Morgan fingerprint density at radius 2 is 2.27 bits per heavy atom. The summed E-state index contributed by atoms with van der Waals surface area (Å²) < 4.78 is 2.38. The quantitative estimate of drug-likeness (QED) is 0.379. The van der Waals surface area contributed by atoms with E-state index in [4.69, 9.17) is 12.2 Å². The Morgan fingerprint density at radius 1 is 1.45 bits per heavy atom. The van der Waals surface area contributed by atoms with Crippen molar-refractivity contribution in [3.05, 3.63) is 35.1 Å². The van der Waals surface area contributed by atoms with Crippen LogP contribution in [-0.2, 0) is 4.79 Å². The molecule has 1 aromatic rings. The number of hydrogen-bond donors (Lipinski definition) is 0. The van der Waals surface area contributed by atoms with E-state index >= 15 is 0 Å². The van der Waals surface area contributed by atoms with E-state index in [9.17, 15) is 4.79 Å². The van der Waals surface area contributed by atoms with Gasteiger partial charge in [0.2, 0.25) is 0 Å². The predicted molar refractivity (Wildman–Crippen MR) is 46.7 cm³/mol. The number of pyridine rings is 1. The van der Waals surface area contributed by atoms with Gasteiger partial charge in [0.15, 0.2) is 0 Å². The van der Waals surface area contributed by atoms with Gasteiger partial charge >= 0.3 is 0 Å². The van der Waals surface area contributed by atoms with Crippen LogP contribution in [0.1, 0.15) is 0 Å². The monoisotopic (exact) mass is 165 g/mol. The topological polar surface area (TPSA) is 22.0 Å². The smallest absolute Gasteiger partial charge is 0.144 e. The second kappa shape index (κ2) is 3.83. The maximum atomic E-state index is 9.96. The zero-order valence-electron chi connectivity index (χ0n) is 5.81. The van der Waals surface area contributed by atoms with Crippen LogP contribution in [0, 0.1) is 4.64 Å². The van der Waals surface area contributed by atoms with Gasteiger partial charge in [-0.05, 0) is 18.2 Å². The van der Waals surface area contributed by atoms with E-state index < -0.39 is 0 Å². The fourth-order valence-corrected chi connectivity index (χ4v) is 0.891. The molecule has 1 rings (SSSR count). The molecule has 0 radical (unpaired) electrons. The van der Waals surface area contributed by atoms with Crippen molar-refractivity contribution < 1.29 is 4.79 Å². The number of hydrogen-bond acceptors (Lipinski definition) is 2. The standard InChI is InChI=1S/C8H7NOS/c10-7-3-6-9-5-2-1-4-8(9)11/h1-7H. The molecule has 1 aromatic heterocycles. The van der Waals surface area contributed by atoms with E-state index in [-0.39, 0.29) is 0 Å². The molecular weight excluding hydrogens is 158 g/mol. The number of rotatable bonds is 2. The van der Waals surface area contributed by atoms with Crippen molar-refractivity contribution in [2.24, 2.45) is 0 Å². The average molecular weight is 165 g/mol. The summed E-state index contributed by atoms with van der Waals surface area (Å²) in [7, 11) is 0. The molecule has 11 heavy (non-hydrogen) atoms. The molecule has 0 aliphatic heterocycles. The van der Waals surface area contributed by atoms with Crippen molar-refractivity contribution in [1.82, 2.24) is 4.57 Å². The Balaban J connectivity index is 3.04. The molecule has 0 aliphatic rings. The third-order valence-corrected chi connectivity index (χ3v) is 1.52. The van der Waals surface area contributed by atoms with E-state index in [2.05, 4.69) is 0 Å². The van der Waals surface area contributed by atoms with Crippen LogP contribution >= 0.6 is 12.2 Å². The van der Waals surface area contributed by atoms with Crippen molar-refractivity contribution in [1.29, 1.82) is 0 Å². The van der Waals surface area contributed by atoms with Gasteiger partial charge in [-0.1, -0.05) is 18.3 Å². The Hall–Kier alpha value is -1.22. The summed E-state index contributed by atoms with van der Waals surface area (Å²) >= 11 is 4.96. The molecule has 0 bridgehead atoms. The van der Waals surface area contributed by atoms with Crippen molar-refractivity contribution in [3.8, 4) is 0 Å². The van der Waals surface area contributed by atoms with Gasteiger partial charge in [-0.25, -0.2) is 0 Å². The highest BCUT2D eigenvalue weighted by molar-refractivity contribution is 7.71. The molecule has 3 heteroatoms. The molecule has 1 heterocycles. The van der Waals surface area contributed by atoms with E-state index in [1.807, 2.05) is 12.1 Å². The minimum Gasteiger partial charge on any atom is -0.315 e. The van der Waals surface area contributed by atoms with Crippen molar-refractivity contribution in [2.45, 2.75) is 0 Å². The zero-order chi connectivity index (χ0) is 8.10. The van der Waals surface area contributed by atoms with E-state index in [1.165, 1.54) is 6.08 Å². The van der Waals surface area contributed by atoms with Crippen LogP contribution in [0.3, 0.4) is 0 Å². The summed E-state index contributed by atoms with van der Waals surface area (Å²) in [6.45, 7) is 0. The van der Waals surface area contributed by atoms with E-state index in [0.717, 1.165) is 6.29 Å². The van der Waals surface area contributed by atoms with Gasteiger partial charge in [0, 0.05) is 12.4 Å². The SMILES string of the molecule is O=CC=Cn1ccccc1=S. The molecular formula is C8H7NOS. The maximum Gasteiger partial charge on any atom is 0.144 e. The molecule has 0 fully saturated rings. The second-order valence-corrected chi connectivity index (χ2v) is 2.34. The first kappa shape index (κ1) is 7.88. The van der Waals surface area contributed by atoms with Gasteiger partial charge in [-0.15, -0.1) is 0 Å². The summed E-state index contributed by atoms with van der Waals surface area (Å²) in [6.07, 6.45) is 5.53. The number of nitrogens with zero attached hydrogens (tertiary/aromatic N) is 1. The average Bonchev–Trinajstić information content (AvgIpc) is 2.03. The summed E-state index contributed by atoms with van der Waals surface area (Å²) in [6, 6.07) is 5.50. The number of allylic oxidation sites excluding steroid dienone is 1. The largest absolute Gasteiger partial charge is 0.315 e. The lowest BCUT2D eigenvalue weighted by atomic mass is 10.5. The van der Waals surface area contributed by atoms with Gasteiger partial charge in [0.1, 0.15) is 10.9 Å². The van der Waals surface area contributed by atoms with Gasteiger partial charge < -0.3 is 4.57 Å². The summed E-state index contributed by atoms with van der Waals surface area (Å²) in [4.78, 5) is 9.96. The zero-order valence-corrected chi connectivity index (χ0v) is 6.62. The summed E-state index contributed by atoms with van der Waals surface area (Å²) in [5.41, 5.74) is 0. The Labute approximate surface area is 69.8 Å². The molecule has 0 spiro atoms. The Kier molecular flexibility index (Phi) is 2.74. The first-order valence-corrected chi connectivity index (χ1v) is 3.54. The highest BCUT2D eigenvalue weighted by Crippen LogP contribution is 1.93. The van der Waals surface area contributed by atoms with Crippen molar-refractivity contribution in [3.63, 3.8) is 0 Å². The second-order valence-electron chi connectivity index (χ2n) is 1.92.